The summed E-state index contributed by atoms with van der Waals surface area (Å²) in [5.74, 6) is 0.783. The van der Waals surface area contributed by atoms with E-state index in [1.54, 1.807) is 0 Å². The zero-order valence-electron chi connectivity index (χ0n) is 8.02. The highest BCUT2D eigenvalue weighted by Gasteiger charge is 2.06. The molecule has 66 valence electrons. The number of alkyl halides is 1. The van der Waals surface area contributed by atoms with Gasteiger partial charge in [0.05, 0.1) is 4.87 Å². The van der Waals surface area contributed by atoms with Gasteiger partial charge in [-0.1, -0.05) is 32.4 Å². The van der Waals surface area contributed by atoms with E-state index >= 15 is 0 Å². The Hall–Kier alpha value is 0.0300. The summed E-state index contributed by atoms with van der Waals surface area (Å²) in [5, 5.41) is 0. The van der Waals surface area contributed by atoms with Crippen LogP contribution in [0.1, 0.15) is 40.5 Å². The van der Waals surface area contributed by atoms with E-state index in [4.69, 9.17) is 11.6 Å². The highest BCUT2D eigenvalue weighted by atomic mass is 35.5. The Bertz CT molecular complexity index is 119. The Morgan fingerprint density at radius 2 is 2.00 bits per heavy atom. The molecule has 0 saturated carbocycles. The van der Waals surface area contributed by atoms with Gasteiger partial charge in [0.15, 0.2) is 0 Å². The molecule has 1 heteroatoms. The molecule has 0 aliphatic carbocycles. The van der Waals surface area contributed by atoms with E-state index in [-0.39, 0.29) is 4.87 Å². The van der Waals surface area contributed by atoms with E-state index in [0.717, 1.165) is 12.3 Å². The van der Waals surface area contributed by atoms with Crippen LogP contribution in [0.2, 0.25) is 0 Å². The monoisotopic (exact) mass is 174 g/mol. The maximum absolute atomic E-state index is 5.97. The highest BCUT2D eigenvalue weighted by Crippen LogP contribution is 2.16. The molecule has 0 amide bonds. The fourth-order valence-corrected chi connectivity index (χ4v) is 0.836. The van der Waals surface area contributed by atoms with Crippen molar-refractivity contribution in [1.29, 1.82) is 0 Å². The minimum absolute atomic E-state index is 0.173. The van der Waals surface area contributed by atoms with Gasteiger partial charge in [-0.15, -0.1) is 11.6 Å². The molecule has 0 nitrogen and oxygen atoms in total. The molecule has 0 aliphatic heterocycles. The maximum atomic E-state index is 5.97. The van der Waals surface area contributed by atoms with E-state index < -0.39 is 0 Å². The summed E-state index contributed by atoms with van der Waals surface area (Å²) in [6.45, 7) is 8.47. The van der Waals surface area contributed by atoms with Crippen LogP contribution in [-0.2, 0) is 0 Å². The van der Waals surface area contributed by atoms with Crippen LogP contribution >= 0.6 is 11.6 Å². The normalized spacial score (nSPS) is 15.7. The van der Waals surface area contributed by atoms with Crippen molar-refractivity contribution < 1.29 is 0 Å². The second-order valence-electron chi connectivity index (χ2n) is 3.72. The smallest absolute Gasteiger partial charge is 0.0569 e. The molecule has 0 saturated heterocycles. The van der Waals surface area contributed by atoms with Crippen molar-refractivity contribution >= 4 is 11.6 Å². The van der Waals surface area contributed by atoms with Crippen LogP contribution in [0.15, 0.2) is 12.2 Å². The van der Waals surface area contributed by atoms with Gasteiger partial charge in [0.25, 0.3) is 0 Å². The van der Waals surface area contributed by atoms with Crippen molar-refractivity contribution in [3.05, 3.63) is 12.2 Å². The molecule has 0 fully saturated rings. The zero-order chi connectivity index (χ0) is 8.91. The molecule has 1 unspecified atom stereocenters. The van der Waals surface area contributed by atoms with E-state index in [0.29, 0.717) is 0 Å². The van der Waals surface area contributed by atoms with Crippen molar-refractivity contribution in [2.24, 2.45) is 5.92 Å². The molecule has 0 aromatic carbocycles. The number of hydrogen-bond acceptors (Lipinski definition) is 0. The van der Waals surface area contributed by atoms with Crippen molar-refractivity contribution in [2.45, 2.75) is 45.4 Å². The van der Waals surface area contributed by atoms with E-state index in [1.807, 2.05) is 13.8 Å². The third-order valence-electron chi connectivity index (χ3n) is 1.75. The summed E-state index contributed by atoms with van der Waals surface area (Å²) in [6, 6.07) is 0. The first-order valence-electron chi connectivity index (χ1n) is 4.32. The maximum Gasteiger partial charge on any atom is 0.0569 e. The summed E-state index contributed by atoms with van der Waals surface area (Å²) >= 11 is 5.97. The van der Waals surface area contributed by atoms with Gasteiger partial charge in [-0.05, 0) is 26.2 Å². The number of hydrogen-bond donors (Lipinski definition) is 0. The predicted molar refractivity (Wildman–Crippen MR) is 53.1 cm³/mol. The second kappa shape index (κ2) is 4.82. The first-order chi connectivity index (χ1) is 4.95. The third-order valence-corrected chi connectivity index (χ3v) is 1.88. The van der Waals surface area contributed by atoms with Gasteiger partial charge in [0.1, 0.15) is 0 Å². The molecule has 0 rings (SSSR count). The number of rotatable bonds is 4. The molecule has 1 atom stereocenters. The van der Waals surface area contributed by atoms with Crippen LogP contribution in [0.3, 0.4) is 0 Å². The van der Waals surface area contributed by atoms with Gasteiger partial charge in [-0.25, -0.2) is 0 Å². The Morgan fingerprint density at radius 1 is 1.45 bits per heavy atom. The molecule has 0 aromatic heterocycles. The Balaban J connectivity index is 3.61. The standard InChI is InChI=1S/C10H19Cl/c1-5-9(2)7-6-8-10(3,4)11/h6,8-9H,5,7H2,1-4H3. The molecule has 0 aliphatic rings. The van der Waals surface area contributed by atoms with E-state index in [2.05, 4.69) is 26.0 Å². The fourth-order valence-electron chi connectivity index (χ4n) is 0.747. The van der Waals surface area contributed by atoms with Crippen LogP contribution < -0.4 is 0 Å². The molecule has 11 heavy (non-hydrogen) atoms. The van der Waals surface area contributed by atoms with Crippen LogP contribution in [0.4, 0.5) is 0 Å². The second-order valence-corrected chi connectivity index (χ2v) is 4.69. The quantitative estimate of drug-likeness (QED) is 0.447. The van der Waals surface area contributed by atoms with Crippen molar-refractivity contribution in [1.82, 2.24) is 0 Å². The average molecular weight is 175 g/mol. The molecule has 0 spiro atoms. The summed E-state index contributed by atoms with van der Waals surface area (Å²) in [4.78, 5) is -0.173. The van der Waals surface area contributed by atoms with Crippen molar-refractivity contribution in [3.63, 3.8) is 0 Å². The summed E-state index contributed by atoms with van der Waals surface area (Å²) < 4.78 is 0. The van der Waals surface area contributed by atoms with Gasteiger partial charge >= 0.3 is 0 Å². The lowest BCUT2D eigenvalue weighted by atomic mass is 10.0. The first kappa shape index (κ1) is 11.0. The molecule has 0 heterocycles. The molecule has 0 N–H and O–H groups in total. The molecular weight excluding hydrogens is 156 g/mol. The first-order valence-corrected chi connectivity index (χ1v) is 4.70. The average Bonchev–Trinajstić information content (AvgIpc) is 1.85. The zero-order valence-corrected chi connectivity index (χ0v) is 8.78. The topological polar surface area (TPSA) is 0 Å². The molecule has 0 bridgehead atoms. The lowest BCUT2D eigenvalue weighted by molar-refractivity contribution is 0.570. The number of halogens is 1. The molecule has 0 aromatic rings. The van der Waals surface area contributed by atoms with Crippen LogP contribution in [-0.4, -0.2) is 4.87 Å². The van der Waals surface area contributed by atoms with E-state index in [9.17, 15) is 0 Å². The van der Waals surface area contributed by atoms with Gasteiger partial charge in [0, 0.05) is 0 Å². The van der Waals surface area contributed by atoms with Gasteiger partial charge in [-0.2, -0.15) is 0 Å². The summed E-state index contributed by atoms with van der Waals surface area (Å²) in [7, 11) is 0. The Kier molecular flexibility index (Phi) is 4.83. The Labute approximate surface area is 75.6 Å². The van der Waals surface area contributed by atoms with Crippen LogP contribution in [0.25, 0.3) is 0 Å². The van der Waals surface area contributed by atoms with Crippen molar-refractivity contribution in [3.8, 4) is 0 Å². The lowest BCUT2D eigenvalue weighted by Crippen LogP contribution is -2.04. The molecular formula is C10H19Cl. The van der Waals surface area contributed by atoms with Crippen LogP contribution in [0, 0.1) is 5.92 Å². The predicted octanol–water partition coefficient (Wildman–Crippen LogP) is 4.00. The SMILES string of the molecule is CCC(C)CC=CC(C)(C)Cl. The largest absolute Gasteiger partial charge is 0.115 e. The molecule has 0 radical (unpaired) electrons. The van der Waals surface area contributed by atoms with E-state index in [1.165, 1.54) is 6.42 Å². The fraction of sp³-hybridized carbons (Fsp3) is 0.800. The van der Waals surface area contributed by atoms with Gasteiger partial charge in [0.2, 0.25) is 0 Å². The van der Waals surface area contributed by atoms with Gasteiger partial charge < -0.3 is 0 Å². The lowest BCUT2D eigenvalue weighted by Gasteiger charge is -2.09. The Morgan fingerprint density at radius 3 is 2.36 bits per heavy atom. The van der Waals surface area contributed by atoms with Gasteiger partial charge in [-0.3, -0.25) is 0 Å². The summed E-state index contributed by atoms with van der Waals surface area (Å²) in [6.07, 6.45) is 6.64. The minimum atomic E-state index is -0.173. The van der Waals surface area contributed by atoms with Crippen molar-refractivity contribution in [2.75, 3.05) is 0 Å². The third kappa shape index (κ3) is 7.93. The highest BCUT2D eigenvalue weighted by molar-refractivity contribution is 6.24. The minimum Gasteiger partial charge on any atom is -0.115 e. The number of allylic oxidation sites excluding steroid dienone is 2. The van der Waals surface area contributed by atoms with Crippen LogP contribution in [0.5, 0.6) is 0 Å². The summed E-state index contributed by atoms with van der Waals surface area (Å²) in [5.41, 5.74) is 0.